The van der Waals surface area contributed by atoms with Crippen molar-refractivity contribution in [3.8, 4) is 5.75 Å². The summed E-state index contributed by atoms with van der Waals surface area (Å²) in [6, 6.07) is -0.419. The number of pyridine rings is 1. The van der Waals surface area contributed by atoms with Crippen molar-refractivity contribution in [2.75, 3.05) is 16.8 Å². The number of anilines is 2. The van der Waals surface area contributed by atoms with E-state index in [2.05, 4.69) is 4.98 Å². The van der Waals surface area contributed by atoms with Gasteiger partial charge in [0, 0.05) is 12.4 Å². The molecule has 0 aliphatic carbocycles. The number of alkyl halides is 6. The van der Waals surface area contributed by atoms with Gasteiger partial charge in [-0.15, -0.1) is 0 Å². The molecule has 1 fully saturated rings. The number of amides is 3. The molecule has 1 aliphatic rings. The summed E-state index contributed by atoms with van der Waals surface area (Å²) in [4.78, 5) is 28.9. The second-order valence-corrected chi connectivity index (χ2v) is 7.95. The number of carbonyl (C=O) groups excluding carboxylic acids is 2. The van der Waals surface area contributed by atoms with E-state index in [0.717, 1.165) is 19.2 Å². The van der Waals surface area contributed by atoms with Crippen molar-refractivity contribution in [1.82, 2.24) is 10.3 Å². The summed E-state index contributed by atoms with van der Waals surface area (Å²) in [5, 5.41) is 7.88. The molecule has 1 saturated heterocycles. The molecule has 0 spiro atoms. The summed E-state index contributed by atoms with van der Waals surface area (Å²) in [5.41, 5.74) is -8.63. The van der Waals surface area contributed by atoms with E-state index >= 15 is 0 Å². The van der Waals surface area contributed by atoms with Crippen LogP contribution in [0.4, 0.5) is 51.8 Å². The minimum absolute atomic E-state index is 0.0275. The van der Waals surface area contributed by atoms with Gasteiger partial charge in [-0.2, -0.15) is 26.3 Å². The molecule has 3 rings (SSSR count). The highest BCUT2D eigenvalue weighted by Crippen LogP contribution is 2.48. The Morgan fingerprint density at radius 2 is 1.76 bits per heavy atom. The van der Waals surface area contributed by atoms with Gasteiger partial charge in [0.05, 0.1) is 32.6 Å². The Labute approximate surface area is 211 Å². The SMILES string of the molecule is [B]C1(O)NC(=O)N(c2cc(C(F)(F)F)cc(C(F)(F)F)c2OC(=O)N(C)c2ccc(F)c(Cl)n2)C1([B])[B]. The van der Waals surface area contributed by atoms with Crippen molar-refractivity contribution in [3.63, 3.8) is 0 Å². The van der Waals surface area contributed by atoms with Gasteiger partial charge in [-0.25, -0.2) is 19.0 Å². The second-order valence-electron chi connectivity index (χ2n) is 7.59. The van der Waals surface area contributed by atoms with E-state index in [0.29, 0.717) is 4.90 Å². The molecule has 1 aromatic heterocycles. The number of nitrogens with zero attached hydrogens (tertiary/aromatic N) is 3. The average Bonchev–Trinajstić information content (AvgIpc) is 2.90. The first-order chi connectivity index (χ1) is 16.7. The van der Waals surface area contributed by atoms with E-state index in [1.54, 1.807) is 5.32 Å². The monoisotopic (exact) mass is 546 g/mol. The third kappa shape index (κ3) is 5.16. The number of benzene rings is 1. The molecule has 1 atom stereocenters. The van der Waals surface area contributed by atoms with E-state index in [4.69, 9.17) is 39.9 Å². The molecule has 37 heavy (non-hydrogen) atoms. The first kappa shape index (κ1) is 28.4. The van der Waals surface area contributed by atoms with Gasteiger partial charge >= 0.3 is 24.5 Å². The van der Waals surface area contributed by atoms with E-state index in [1.165, 1.54) is 0 Å². The number of rotatable bonds is 3. The molecular weight excluding hydrogens is 537 g/mol. The summed E-state index contributed by atoms with van der Waals surface area (Å²) in [5.74, 6) is -3.12. The molecule has 8 nitrogen and oxygen atoms in total. The Balaban J connectivity index is 2.25. The number of aromatic nitrogens is 1. The van der Waals surface area contributed by atoms with Crippen LogP contribution in [0.15, 0.2) is 24.3 Å². The fourth-order valence-corrected chi connectivity index (χ4v) is 3.22. The van der Waals surface area contributed by atoms with Gasteiger partial charge in [-0.3, -0.25) is 9.80 Å². The Morgan fingerprint density at radius 3 is 2.22 bits per heavy atom. The Bertz CT molecular complexity index is 1280. The highest BCUT2D eigenvalue weighted by atomic mass is 35.5. The van der Waals surface area contributed by atoms with E-state index < -0.39 is 80.9 Å². The second kappa shape index (κ2) is 9.01. The Hall–Kier alpha value is -3.14. The third-order valence-electron chi connectivity index (χ3n) is 5.02. The van der Waals surface area contributed by atoms with Gasteiger partial charge in [0.15, 0.2) is 16.7 Å². The molecule has 1 unspecified atom stereocenters. The quantitative estimate of drug-likeness (QED) is 0.351. The smallest absolute Gasteiger partial charge is 0.407 e. The standard InChI is InChI=1S/C18H9B3ClF7N4O4/c1-32(10-3-2-8(23)12(22)30-10)14(35)37-11-7(16(27,28)29)4-6(15(24,25)26)5-9(11)33-13(34)31-18(21,36)17(33,19)20/h2-5,36H,1H3,(H,31,34). The zero-order valence-electron chi connectivity index (χ0n) is 18.1. The fraction of sp³-hybridized carbons (Fsp3) is 0.278. The topological polar surface area (TPSA) is 95.0 Å². The van der Waals surface area contributed by atoms with Crippen molar-refractivity contribution in [2.45, 2.75) is 23.3 Å². The van der Waals surface area contributed by atoms with Crippen molar-refractivity contribution in [2.24, 2.45) is 0 Å². The van der Waals surface area contributed by atoms with Gasteiger partial charge in [0.25, 0.3) is 0 Å². The lowest BCUT2D eigenvalue weighted by molar-refractivity contribution is -0.143. The van der Waals surface area contributed by atoms with Crippen LogP contribution in [0.1, 0.15) is 11.1 Å². The number of urea groups is 1. The van der Waals surface area contributed by atoms with Crippen LogP contribution in [0.3, 0.4) is 0 Å². The van der Waals surface area contributed by atoms with Crippen LogP contribution >= 0.6 is 11.6 Å². The van der Waals surface area contributed by atoms with Gasteiger partial charge in [0.1, 0.15) is 19.2 Å². The molecule has 19 heteroatoms. The number of aliphatic hydroxyl groups is 1. The van der Waals surface area contributed by atoms with E-state index in [-0.39, 0.29) is 11.0 Å². The number of ether oxygens (including phenoxy) is 1. The number of hydrogen-bond acceptors (Lipinski definition) is 5. The fourth-order valence-electron chi connectivity index (χ4n) is 3.07. The molecule has 3 amide bonds. The molecular formula is C18H9B3ClF7N4O4. The molecule has 0 saturated carbocycles. The first-order valence-corrected chi connectivity index (χ1v) is 9.87. The summed E-state index contributed by atoms with van der Waals surface area (Å²) < 4.78 is 100. The van der Waals surface area contributed by atoms with Crippen LogP contribution in [0, 0.1) is 5.82 Å². The first-order valence-electron chi connectivity index (χ1n) is 9.50. The maximum atomic E-state index is 13.9. The Morgan fingerprint density at radius 1 is 1.16 bits per heavy atom. The molecule has 0 bridgehead atoms. The molecule has 1 aliphatic heterocycles. The highest BCUT2D eigenvalue weighted by molar-refractivity contribution is 6.50. The zero-order chi connectivity index (χ0) is 28.3. The van der Waals surface area contributed by atoms with Crippen LogP contribution in [0.2, 0.25) is 5.15 Å². The van der Waals surface area contributed by atoms with Crippen LogP contribution in [0.5, 0.6) is 5.75 Å². The third-order valence-corrected chi connectivity index (χ3v) is 5.28. The number of hydrogen-bond donors (Lipinski definition) is 2. The van der Waals surface area contributed by atoms with Crippen molar-refractivity contribution < 1.29 is 50.2 Å². The Kier molecular flexibility index (Phi) is 6.92. The number of halogens is 8. The lowest BCUT2D eigenvalue weighted by Gasteiger charge is -2.40. The molecule has 2 N–H and O–H groups in total. The summed E-state index contributed by atoms with van der Waals surface area (Å²) >= 11 is 5.52. The van der Waals surface area contributed by atoms with Crippen LogP contribution in [0.25, 0.3) is 0 Å². The zero-order valence-corrected chi connectivity index (χ0v) is 18.8. The predicted octanol–water partition coefficient (Wildman–Crippen LogP) is 2.88. The van der Waals surface area contributed by atoms with Gasteiger partial charge in [-0.1, -0.05) is 11.6 Å². The van der Waals surface area contributed by atoms with Crippen LogP contribution in [-0.4, -0.2) is 63.8 Å². The maximum Gasteiger partial charge on any atom is 0.420 e. The summed E-state index contributed by atoms with van der Waals surface area (Å²) in [6.07, 6.45) is -12.7. The van der Waals surface area contributed by atoms with Crippen molar-refractivity contribution >= 4 is 58.8 Å². The maximum absolute atomic E-state index is 13.9. The summed E-state index contributed by atoms with van der Waals surface area (Å²) in [6.45, 7) is 0. The molecule has 2 heterocycles. The van der Waals surface area contributed by atoms with Gasteiger partial charge in [0.2, 0.25) is 0 Å². The van der Waals surface area contributed by atoms with Gasteiger partial charge in [-0.05, 0) is 24.3 Å². The molecule has 2 aromatic rings. The van der Waals surface area contributed by atoms with Crippen molar-refractivity contribution in [1.29, 1.82) is 0 Å². The normalized spacial score (nSPS) is 19.5. The minimum atomic E-state index is -5.61. The van der Waals surface area contributed by atoms with Crippen LogP contribution in [-0.2, 0) is 12.4 Å². The highest BCUT2D eigenvalue weighted by Gasteiger charge is 2.54. The van der Waals surface area contributed by atoms with Crippen LogP contribution < -0.4 is 19.9 Å². The van der Waals surface area contributed by atoms with E-state index in [9.17, 15) is 45.4 Å². The van der Waals surface area contributed by atoms with Gasteiger partial charge < -0.3 is 15.2 Å². The lowest BCUT2D eigenvalue weighted by atomic mass is 9.50. The number of nitrogens with one attached hydrogen (secondary N) is 1. The van der Waals surface area contributed by atoms with Crippen molar-refractivity contribution in [3.05, 3.63) is 46.4 Å². The number of carbonyl (C=O) groups is 2. The largest absolute Gasteiger partial charge is 0.420 e. The molecule has 190 valence electrons. The summed E-state index contributed by atoms with van der Waals surface area (Å²) in [7, 11) is 17.4. The average molecular weight is 546 g/mol. The van der Waals surface area contributed by atoms with E-state index in [1.807, 2.05) is 0 Å². The predicted molar refractivity (Wildman–Crippen MR) is 116 cm³/mol. The molecule has 6 radical (unpaired) electrons. The minimum Gasteiger partial charge on any atom is -0.407 e. The lowest BCUT2D eigenvalue weighted by Crippen LogP contribution is -2.63. The molecule has 1 aromatic carbocycles.